The molecule has 0 radical (unpaired) electrons. The highest BCUT2D eigenvalue weighted by Crippen LogP contribution is 2.18. The monoisotopic (exact) mass is 337 g/mol. The maximum atomic E-state index is 12.1. The van der Waals surface area contributed by atoms with Crippen LogP contribution in [0.25, 0.3) is 11.0 Å². The number of amides is 1. The van der Waals surface area contributed by atoms with Crippen molar-refractivity contribution in [3.05, 3.63) is 59.9 Å². The van der Waals surface area contributed by atoms with E-state index in [9.17, 15) is 9.59 Å². The van der Waals surface area contributed by atoms with Crippen molar-refractivity contribution in [2.75, 3.05) is 6.54 Å². The van der Waals surface area contributed by atoms with E-state index in [1.54, 1.807) is 36.7 Å². The maximum Gasteiger partial charge on any atom is 0.330 e. The van der Waals surface area contributed by atoms with E-state index in [-0.39, 0.29) is 12.5 Å². The number of nitrogens with one attached hydrogen (secondary N) is 2. The van der Waals surface area contributed by atoms with Crippen molar-refractivity contribution < 1.29 is 14.3 Å². The van der Waals surface area contributed by atoms with Crippen molar-refractivity contribution in [2.24, 2.45) is 0 Å². The Morgan fingerprint density at radius 2 is 1.92 bits per heavy atom. The number of H-pyrrole nitrogens is 1. The maximum absolute atomic E-state index is 12.1. The van der Waals surface area contributed by atoms with Gasteiger partial charge in [-0.3, -0.25) is 4.79 Å². The Kier molecular flexibility index (Phi) is 4.79. The number of aromatic nitrogens is 2. The van der Waals surface area contributed by atoms with Gasteiger partial charge in [0.25, 0.3) is 5.91 Å². The minimum Gasteiger partial charge on any atom is -0.425 e. The highest BCUT2D eigenvalue weighted by atomic mass is 16.5. The van der Waals surface area contributed by atoms with Crippen LogP contribution in [-0.4, -0.2) is 28.4 Å². The molecule has 0 spiro atoms. The molecule has 128 valence electrons. The summed E-state index contributed by atoms with van der Waals surface area (Å²) in [6.45, 7) is 3.99. The van der Waals surface area contributed by atoms with Gasteiger partial charge in [-0.25, -0.2) is 9.78 Å². The van der Waals surface area contributed by atoms with Gasteiger partial charge in [0.05, 0.1) is 17.4 Å². The molecule has 1 aromatic heterocycles. The number of rotatable bonds is 5. The van der Waals surface area contributed by atoms with Gasteiger partial charge in [0.1, 0.15) is 12.3 Å². The van der Waals surface area contributed by atoms with Gasteiger partial charge < -0.3 is 15.0 Å². The summed E-state index contributed by atoms with van der Waals surface area (Å²) >= 11 is 0. The summed E-state index contributed by atoms with van der Waals surface area (Å²) in [4.78, 5) is 31.1. The van der Waals surface area contributed by atoms with Crippen molar-refractivity contribution >= 4 is 22.9 Å². The molecule has 6 heteroatoms. The first-order chi connectivity index (χ1) is 12.0. The summed E-state index contributed by atoms with van der Waals surface area (Å²) in [5.41, 5.74) is 3.16. The molecule has 2 aromatic carbocycles. The van der Waals surface area contributed by atoms with Gasteiger partial charge >= 0.3 is 5.97 Å². The molecule has 0 aliphatic rings. The number of nitrogens with zero attached hydrogens (tertiary/aromatic N) is 1. The topological polar surface area (TPSA) is 84.1 Å². The average molecular weight is 337 g/mol. The Balaban J connectivity index is 1.55. The van der Waals surface area contributed by atoms with Crippen LogP contribution in [0.4, 0.5) is 0 Å². The molecule has 0 unspecified atom stereocenters. The molecule has 25 heavy (non-hydrogen) atoms. The van der Waals surface area contributed by atoms with Crippen molar-refractivity contribution in [2.45, 2.75) is 19.8 Å². The second-order valence-corrected chi connectivity index (χ2v) is 6.01. The molecule has 0 bridgehead atoms. The number of hydrogen-bond acceptors (Lipinski definition) is 4. The molecule has 0 aliphatic carbocycles. The Morgan fingerprint density at radius 1 is 1.16 bits per heavy atom. The van der Waals surface area contributed by atoms with Crippen LogP contribution in [0.5, 0.6) is 5.75 Å². The van der Waals surface area contributed by atoms with Crippen molar-refractivity contribution in [3.63, 3.8) is 0 Å². The fourth-order valence-electron chi connectivity index (χ4n) is 2.42. The van der Waals surface area contributed by atoms with Gasteiger partial charge in [-0.05, 0) is 41.8 Å². The first kappa shape index (κ1) is 16.7. The Bertz CT molecular complexity index is 898. The van der Waals surface area contributed by atoms with E-state index in [1.807, 2.05) is 12.1 Å². The molecule has 0 saturated heterocycles. The molecule has 0 aliphatic heterocycles. The molecule has 6 nitrogen and oxygen atoms in total. The Labute approximate surface area is 145 Å². The van der Waals surface area contributed by atoms with E-state index in [0.29, 0.717) is 17.2 Å². The third kappa shape index (κ3) is 4.03. The number of fused-ring (bicyclic) bond motifs is 1. The second kappa shape index (κ2) is 7.17. The van der Waals surface area contributed by atoms with Crippen LogP contribution >= 0.6 is 0 Å². The number of ether oxygens (including phenoxy) is 1. The molecule has 1 heterocycles. The normalized spacial score (nSPS) is 10.8. The van der Waals surface area contributed by atoms with Crippen LogP contribution in [0.15, 0.2) is 48.8 Å². The predicted octanol–water partition coefficient (Wildman–Crippen LogP) is 3.02. The largest absolute Gasteiger partial charge is 0.425 e. The summed E-state index contributed by atoms with van der Waals surface area (Å²) in [6.07, 6.45) is 1.56. The first-order valence-electron chi connectivity index (χ1n) is 8.05. The fraction of sp³-hybridized carbons (Fsp3) is 0.211. The summed E-state index contributed by atoms with van der Waals surface area (Å²) in [5, 5.41) is 2.56. The highest BCUT2D eigenvalue weighted by Gasteiger charge is 2.11. The molecule has 2 N–H and O–H groups in total. The van der Waals surface area contributed by atoms with Crippen LogP contribution in [0.1, 0.15) is 35.7 Å². The fourth-order valence-corrected chi connectivity index (χ4v) is 2.42. The lowest BCUT2D eigenvalue weighted by Gasteiger charge is -2.08. The summed E-state index contributed by atoms with van der Waals surface area (Å²) in [5.74, 6) is 0.00986. The van der Waals surface area contributed by atoms with Crippen molar-refractivity contribution in [1.82, 2.24) is 15.3 Å². The van der Waals surface area contributed by atoms with E-state index in [2.05, 4.69) is 29.1 Å². The van der Waals surface area contributed by atoms with Crippen LogP contribution < -0.4 is 10.1 Å². The molecule has 3 rings (SSSR count). The molecule has 0 saturated carbocycles. The highest BCUT2D eigenvalue weighted by molar-refractivity contribution is 5.98. The molecule has 3 aromatic rings. The molecular formula is C19H19N3O3. The average Bonchev–Trinajstić information content (AvgIpc) is 3.07. The first-order valence-corrected chi connectivity index (χ1v) is 8.05. The number of hydrogen-bond donors (Lipinski definition) is 2. The summed E-state index contributed by atoms with van der Waals surface area (Å²) < 4.78 is 5.22. The van der Waals surface area contributed by atoms with Gasteiger partial charge in [-0.2, -0.15) is 0 Å². The number of carbonyl (C=O) groups is 2. The predicted molar refractivity (Wildman–Crippen MR) is 94.6 cm³/mol. The number of imidazole rings is 1. The minimum atomic E-state index is -0.520. The van der Waals surface area contributed by atoms with E-state index in [0.717, 1.165) is 11.0 Å². The number of esters is 1. The van der Waals surface area contributed by atoms with E-state index in [4.69, 9.17) is 4.74 Å². The third-order valence-electron chi connectivity index (χ3n) is 3.85. The van der Waals surface area contributed by atoms with Gasteiger partial charge in [-0.15, -0.1) is 0 Å². The smallest absolute Gasteiger partial charge is 0.330 e. The Morgan fingerprint density at radius 3 is 2.64 bits per heavy atom. The quantitative estimate of drug-likeness (QED) is 0.554. The zero-order valence-corrected chi connectivity index (χ0v) is 14.1. The number of carbonyl (C=O) groups excluding carboxylic acids is 2. The summed E-state index contributed by atoms with van der Waals surface area (Å²) in [7, 11) is 0. The van der Waals surface area contributed by atoms with Crippen LogP contribution in [0.3, 0.4) is 0 Å². The van der Waals surface area contributed by atoms with E-state index >= 15 is 0 Å². The van der Waals surface area contributed by atoms with Crippen molar-refractivity contribution in [3.8, 4) is 5.75 Å². The zero-order valence-electron chi connectivity index (χ0n) is 14.1. The standard InChI is InChI=1S/C19H19N3O3/c1-12(2)13-3-6-15(7-4-13)25-18(23)10-20-19(24)14-5-8-16-17(9-14)22-11-21-16/h3-9,11-12H,10H2,1-2H3,(H,20,24)(H,21,22). The van der Waals surface area contributed by atoms with Crippen LogP contribution in [0.2, 0.25) is 0 Å². The van der Waals surface area contributed by atoms with E-state index in [1.165, 1.54) is 5.56 Å². The molecular weight excluding hydrogens is 318 g/mol. The van der Waals surface area contributed by atoms with Gasteiger partial charge in [-0.1, -0.05) is 26.0 Å². The lowest BCUT2D eigenvalue weighted by atomic mass is 10.0. The molecule has 1 amide bonds. The van der Waals surface area contributed by atoms with Gasteiger partial charge in [0.15, 0.2) is 0 Å². The van der Waals surface area contributed by atoms with E-state index < -0.39 is 5.97 Å². The van der Waals surface area contributed by atoms with Crippen LogP contribution in [-0.2, 0) is 4.79 Å². The Hall–Kier alpha value is -3.15. The zero-order chi connectivity index (χ0) is 17.8. The SMILES string of the molecule is CC(C)c1ccc(OC(=O)CNC(=O)c2ccc3nc[nH]c3c2)cc1. The lowest BCUT2D eigenvalue weighted by Crippen LogP contribution is -2.31. The van der Waals surface area contributed by atoms with Crippen molar-refractivity contribution in [1.29, 1.82) is 0 Å². The van der Waals surface area contributed by atoms with Gasteiger partial charge in [0, 0.05) is 5.56 Å². The number of benzene rings is 2. The lowest BCUT2D eigenvalue weighted by molar-refractivity contribution is -0.133. The number of aromatic amines is 1. The minimum absolute atomic E-state index is 0.203. The van der Waals surface area contributed by atoms with Crippen LogP contribution in [0, 0.1) is 0 Å². The second-order valence-electron chi connectivity index (χ2n) is 6.01. The molecule has 0 fully saturated rings. The molecule has 0 atom stereocenters. The summed E-state index contributed by atoms with van der Waals surface area (Å²) in [6, 6.07) is 12.4. The van der Waals surface area contributed by atoms with Gasteiger partial charge in [0.2, 0.25) is 0 Å². The third-order valence-corrected chi connectivity index (χ3v) is 3.85.